The van der Waals surface area contributed by atoms with Crippen LogP contribution >= 0.6 is 0 Å². The Morgan fingerprint density at radius 2 is 1.24 bits per heavy atom. The molecule has 0 saturated heterocycles. The number of aromatic hydroxyl groups is 2. The highest BCUT2D eigenvalue weighted by Crippen LogP contribution is 2.43. The van der Waals surface area contributed by atoms with Crippen molar-refractivity contribution in [1.29, 1.82) is 0 Å². The van der Waals surface area contributed by atoms with Crippen LogP contribution in [-0.4, -0.2) is 20.1 Å². The first kappa shape index (κ1) is 18.2. The van der Waals surface area contributed by atoms with Gasteiger partial charge in [0, 0.05) is 17.5 Å². The second-order valence-electron chi connectivity index (χ2n) is 6.28. The molecular weight excluding hydrogens is 328 g/mol. The Bertz CT molecular complexity index is 784. The van der Waals surface area contributed by atoms with E-state index in [2.05, 4.69) is 0 Å². The summed E-state index contributed by atoms with van der Waals surface area (Å²) in [4.78, 5) is 20.9. The summed E-state index contributed by atoms with van der Waals surface area (Å²) in [6.07, 6.45) is 0. The van der Waals surface area contributed by atoms with Gasteiger partial charge in [-0.05, 0) is 29.2 Å². The minimum Gasteiger partial charge on any atom is -0.502 e. The maximum Gasteiger partial charge on any atom is 0.310 e. The molecule has 0 aromatic heterocycles. The van der Waals surface area contributed by atoms with Gasteiger partial charge in [-0.15, -0.1) is 0 Å². The fraction of sp³-hybridized carbons (Fsp3) is 0.294. The van der Waals surface area contributed by atoms with Gasteiger partial charge in [-0.25, -0.2) is 0 Å². The molecule has 0 spiro atoms. The van der Waals surface area contributed by atoms with Crippen molar-refractivity contribution < 1.29 is 20.1 Å². The fourth-order valence-corrected chi connectivity index (χ4v) is 2.82. The molecule has 2 aromatic rings. The molecule has 0 heterocycles. The predicted molar refractivity (Wildman–Crippen MR) is 90.8 cm³/mol. The van der Waals surface area contributed by atoms with Crippen LogP contribution in [0.3, 0.4) is 0 Å². The molecule has 8 nitrogen and oxygen atoms in total. The molecular formula is C17H18N2O6. The van der Waals surface area contributed by atoms with E-state index >= 15 is 0 Å². The van der Waals surface area contributed by atoms with Crippen LogP contribution in [0.4, 0.5) is 11.4 Å². The maximum atomic E-state index is 11.1. The first-order chi connectivity index (χ1) is 11.6. The summed E-state index contributed by atoms with van der Waals surface area (Å²) in [6.45, 7) is 5.58. The lowest BCUT2D eigenvalue weighted by atomic mass is 9.68. The van der Waals surface area contributed by atoms with Crippen LogP contribution < -0.4 is 0 Å². The lowest BCUT2D eigenvalue weighted by Gasteiger charge is -2.35. The van der Waals surface area contributed by atoms with Crippen LogP contribution in [-0.2, 0) is 5.41 Å². The number of phenolic OH excluding ortho intramolecular Hbond substituents is 2. The number of nitrogens with zero attached hydrogens (tertiary/aromatic N) is 2. The molecule has 0 fully saturated rings. The van der Waals surface area contributed by atoms with Crippen molar-refractivity contribution in [2.24, 2.45) is 5.92 Å². The topological polar surface area (TPSA) is 127 Å². The van der Waals surface area contributed by atoms with Crippen molar-refractivity contribution in [1.82, 2.24) is 0 Å². The summed E-state index contributed by atoms with van der Waals surface area (Å²) in [5.41, 5.74) is -0.606. The quantitative estimate of drug-likeness (QED) is 0.625. The van der Waals surface area contributed by atoms with Gasteiger partial charge in [0.1, 0.15) is 0 Å². The second kappa shape index (κ2) is 6.39. The molecule has 0 amide bonds. The normalized spacial score (nSPS) is 11.5. The van der Waals surface area contributed by atoms with Gasteiger partial charge in [-0.2, -0.15) is 0 Å². The van der Waals surface area contributed by atoms with Gasteiger partial charge >= 0.3 is 11.4 Å². The fourth-order valence-electron chi connectivity index (χ4n) is 2.82. The van der Waals surface area contributed by atoms with Gasteiger partial charge in [0.25, 0.3) is 0 Å². The molecule has 0 saturated carbocycles. The molecule has 0 aliphatic carbocycles. The molecule has 0 bridgehead atoms. The molecule has 0 aliphatic rings. The van der Waals surface area contributed by atoms with Crippen molar-refractivity contribution in [3.05, 3.63) is 67.8 Å². The molecule has 0 unspecified atom stereocenters. The molecule has 0 atom stereocenters. The van der Waals surface area contributed by atoms with Crippen molar-refractivity contribution in [2.45, 2.75) is 26.2 Å². The summed E-state index contributed by atoms with van der Waals surface area (Å²) < 4.78 is 0. The van der Waals surface area contributed by atoms with Crippen LogP contribution in [0, 0.1) is 26.1 Å². The number of phenols is 2. The van der Waals surface area contributed by atoms with E-state index in [1.807, 2.05) is 20.8 Å². The molecule has 25 heavy (non-hydrogen) atoms. The SMILES string of the molecule is CC(C)C(C)(c1ccc(O)c([N+](=O)[O-])c1)c1ccc(O)c([N+](=O)[O-])c1. The van der Waals surface area contributed by atoms with Gasteiger partial charge in [-0.3, -0.25) is 20.2 Å². The number of rotatable bonds is 5. The van der Waals surface area contributed by atoms with Crippen molar-refractivity contribution in [3.8, 4) is 11.5 Å². The first-order valence-electron chi connectivity index (χ1n) is 7.54. The largest absolute Gasteiger partial charge is 0.502 e. The Morgan fingerprint density at radius 3 is 1.52 bits per heavy atom. The highest BCUT2D eigenvalue weighted by atomic mass is 16.6. The van der Waals surface area contributed by atoms with Crippen molar-refractivity contribution >= 4 is 11.4 Å². The third-order valence-corrected chi connectivity index (χ3v) is 4.70. The van der Waals surface area contributed by atoms with Gasteiger partial charge < -0.3 is 10.2 Å². The minimum atomic E-state index is -0.809. The monoisotopic (exact) mass is 346 g/mol. The predicted octanol–water partition coefficient (Wildman–Crippen LogP) is 3.88. The zero-order chi connectivity index (χ0) is 18.9. The Labute approximate surface area is 143 Å². The smallest absolute Gasteiger partial charge is 0.310 e. The standard InChI is InChI=1S/C17H18N2O6/c1-10(2)17(3,11-4-6-15(20)13(8-11)18(22)23)12-5-7-16(21)14(9-12)19(24)25/h4-10,20-21H,1-3H3. The Kier molecular flexibility index (Phi) is 4.64. The molecule has 8 heteroatoms. The zero-order valence-electron chi connectivity index (χ0n) is 14.0. The highest BCUT2D eigenvalue weighted by Gasteiger charge is 2.36. The van der Waals surface area contributed by atoms with Gasteiger partial charge in [0.2, 0.25) is 0 Å². The third-order valence-electron chi connectivity index (χ3n) is 4.70. The number of nitro benzene ring substituents is 2. The van der Waals surface area contributed by atoms with Crippen LogP contribution in [0.2, 0.25) is 0 Å². The van der Waals surface area contributed by atoms with E-state index in [4.69, 9.17) is 0 Å². The first-order valence-corrected chi connectivity index (χ1v) is 7.54. The lowest BCUT2D eigenvalue weighted by Crippen LogP contribution is -2.30. The summed E-state index contributed by atoms with van der Waals surface area (Å²) >= 11 is 0. The Morgan fingerprint density at radius 1 is 0.880 bits per heavy atom. The third kappa shape index (κ3) is 3.10. The van der Waals surface area contributed by atoms with Crippen molar-refractivity contribution in [2.75, 3.05) is 0 Å². The Balaban J connectivity index is 2.72. The van der Waals surface area contributed by atoms with Crippen LogP contribution in [0.15, 0.2) is 36.4 Å². The average molecular weight is 346 g/mol. The van der Waals surface area contributed by atoms with E-state index in [1.54, 1.807) is 12.1 Å². The molecule has 0 aliphatic heterocycles. The summed E-state index contributed by atoms with van der Waals surface area (Å²) in [5, 5.41) is 41.6. The number of nitro groups is 2. The highest BCUT2D eigenvalue weighted by molar-refractivity contribution is 5.55. The van der Waals surface area contributed by atoms with E-state index in [0.717, 1.165) is 0 Å². The number of benzene rings is 2. The molecule has 132 valence electrons. The second-order valence-corrected chi connectivity index (χ2v) is 6.28. The van der Waals surface area contributed by atoms with Gasteiger partial charge in [0.15, 0.2) is 11.5 Å². The van der Waals surface area contributed by atoms with Gasteiger partial charge in [0.05, 0.1) is 9.85 Å². The zero-order valence-corrected chi connectivity index (χ0v) is 14.0. The molecule has 2 rings (SSSR count). The van der Waals surface area contributed by atoms with Crippen molar-refractivity contribution in [3.63, 3.8) is 0 Å². The van der Waals surface area contributed by atoms with Crippen LogP contribution in [0.1, 0.15) is 31.9 Å². The molecule has 2 N–H and O–H groups in total. The minimum absolute atomic E-state index is 0.0826. The van der Waals surface area contributed by atoms with E-state index in [-0.39, 0.29) is 5.92 Å². The van der Waals surface area contributed by atoms with Gasteiger partial charge in [-0.1, -0.05) is 32.9 Å². The molecule has 0 radical (unpaired) electrons. The number of hydrogen-bond donors (Lipinski definition) is 2. The molecule has 2 aromatic carbocycles. The van der Waals surface area contributed by atoms with E-state index in [0.29, 0.717) is 11.1 Å². The maximum absolute atomic E-state index is 11.1. The number of hydrogen-bond acceptors (Lipinski definition) is 6. The summed E-state index contributed by atoms with van der Waals surface area (Å²) in [7, 11) is 0. The van der Waals surface area contributed by atoms with E-state index in [1.165, 1.54) is 24.3 Å². The van der Waals surface area contributed by atoms with E-state index < -0.39 is 38.1 Å². The van der Waals surface area contributed by atoms with E-state index in [9.17, 15) is 30.4 Å². The summed E-state index contributed by atoms with van der Waals surface area (Å²) in [5.74, 6) is -0.978. The Hall–Kier alpha value is -3.16. The van der Waals surface area contributed by atoms with Crippen LogP contribution in [0.25, 0.3) is 0 Å². The van der Waals surface area contributed by atoms with Crippen LogP contribution in [0.5, 0.6) is 11.5 Å². The lowest BCUT2D eigenvalue weighted by molar-refractivity contribution is -0.386. The summed E-state index contributed by atoms with van der Waals surface area (Å²) in [6, 6.07) is 8.13. The average Bonchev–Trinajstić information content (AvgIpc) is 2.54.